The number of para-hydroxylation sites is 1. The average Bonchev–Trinajstić information content (AvgIpc) is 2.59. The standard InChI is InChI=1S/C17H15Cl2N3O3/c18-13-5-3-4-12(8-13)9-20-17(24)11-25-21-10-16(23)22-15-7-2-1-6-14(15)19/h1-8,10H,9,11H2,(H,20,24)(H,22,23)/b21-10+. The monoisotopic (exact) mass is 379 g/mol. The lowest BCUT2D eigenvalue weighted by Crippen LogP contribution is -2.26. The molecule has 0 aliphatic rings. The molecule has 8 heteroatoms. The maximum Gasteiger partial charge on any atom is 0.270 e. The van der Waals surface area contributed by atoms with Gasteiger partial charge >= 0.3 is 0 Å². The van der Waals surface area contributed by atoms with Crippen LogP contribution in [0.3, 0.4) is 0 Å². The smallest absolute Gasteiger partial charge is 0.270 e. The predicted molar refractivity (Wildman–Crippen MR) is 97.8 cm³/mol. The number of carbonyl (C=O) groups excluding carboxylic acids is 2. The van der Waals surface area contributed by atoms with Crippen molar-refractivity contribution in [2.45, 2.75) is 6.54 Å². The number of amides is 2. The molecule has 2 aromatic carbocycles. The highest BCUT2D eigenvalue weighted by Crippen LogP contribution is 2.19. The molecule has 0 aliphatic heterocycles. The Morgan fingerprint density at radius 2 is 1.92 bits per heavy atom. The van der Waals surface area contributed by atoms with Gasteiger partial charge in [-0.1, -0.05) is 52.6 Å². The fraction of sp³-hybridized carbons (Fsp3) is 0.118. The number of rotatable bonds is 7. The lowest BCUT2D eigenvalue weighted by molar-refractivity contribution is -0.126. The van der Waals surface area contributed by atoms with Gasteiger partial charge in [0.2, 0.25) is 0 Å². The van der Waals surface area contributed by atoms with Crippen LogP contribution in [0.4, 0.5) is 5.69 Å². The third kappa shape index (κ3) is 6.82. The maximum atomic E-state index is 11.6. The molecule has 2 amide bonds. The first kappa shape index (κ1) is 18.8. The van der Waals surface area contributed by atoms with E-state index in [1.54, 1.807) is 42.5 Å². The lowest BCUT2D eigenvalue weighted by Gasteiger charge is -2.05. The highest BCUT2D eigenvalue weighted by molar-refractivity contribution is 6.36. The minimum atomic E-state index is -0.521. The van der Waals surface area contributed by atoms with Crippen LogP contribution in [0.1, 0.15) is 5.56 Å². The molecular formula is C17H15Cl2N3O3. The van der Waals surface area contributed by atoms with Gasteiger partial charge in [-0.05, 0) is 29.8 Å². The van der Waals surface area contributed by atoms with Crippen molar-refractivity contribution in [1.29, 1.82) is 0 Å². The van der Waals surface area contributed by atoms with E-state index in [1.165, 1.54) is 0 Å². The van der Waals surface area contributed by atoms with E-state index >= 15 is 0 Å². The summed E-state index contributed by atoms with van der Waals surface area (Å²) < 4.78 is 0. The zero-order valence-corrected chi connectivity index (χ0v) is 14.6. The number of halogens is 2. The molecule has 0 aromatic heterocycles. The molecule has 0 saturated carbocycles. The quantitative estimate of drug-likeness (QED) is 0.572. The molecule has 0 saturated heterocycles. The molecule has 0 fully saturated rings. The van der Waals surface area contributed by atoms with Gasteiger partial charge in [-0.3, -0.25) is 9.59 Å². The van der Waals surface area contributed by atoms with Gasteiger partial charge in [0, 0.05) is 11.6 Å². The number of carbonyl (C=O) groups is 2. The third-order valence-corrected chi connectivity index (χ3v) is 3.52. The van der Waals surface area contributed by atoms with E-state index in [1.807, 2.05) is 6.07 Å². The fourth-order valence-corrected chi connectivity index (χ4v) is 2.20. The molecule has 130 valence electrons. The molecule has 0 atom stereocenters. The van der Waals surface area contributed by atoms with Crippen LogP contribution in [0.2, 0.25) is 10.0 Å². The Balaban J connectivity index is 1.69. The van der Waals surface area contributed by atoms with E-state index in [0.29, 0.717) is 22.3 Å². The van der Waals surface area contributed by atoms with Gasteiger partial charge in [0.05, 0.1) is 10.7 Å². The molecular weight excluding hydrogens is 365 g/mol. The number of nitrogens with zero attached hydrogens (tertiary/aromatic N) is 1. The summed E-state index contributed by atoms with van der Waals surface area (Å²) in [5.41, 5.74) is 1.32. The van der Waals surface area contributed by atoms with E-state index in [9.17, 15) is 9.59 Å². The molecule has 6 nitrogen and oxygen atoms in total. The van der Waals surface area contributed by atoms with Crippen molar-refractivity contribution < 1.29 is 14.4 Å². The third-order valence-electron chi connectivity index (χ3n) is 2.95. The Labute approximate surface area is 154 Å². The summed E-state index contributed by atoms with van der Waals surface area (Å²) in [6.07, 6.45) is 0.924. The van der Waals surface area contributed by atoms with Gasteiger partial charge in [0.25, 0.3) is 11.8 Å². The van der Waals surface area contributed by atoms with Gasteiger partial charge in [0.1, 0.15) is 6.21 Å². The number of hydrogen-bond donors (Lipinski definition) is 2. The van der Waals surface area contributed by atoms with Gasteiger partial charge in [-0.2, -0.15) is 0 Å². The summed E-state index contributed by atoms with van der Waals surface area (Å²) in [6.45, 7) is 0.00982. The fourth-order valence-electron chi connectivity index (χ4n) is 1.81. The minimum Gasteiger partial charge on any atom is -0.386 e. The molecule has 0 heterocycles. The average molecular weight is 380 g/mol. The van der Waals surface area contributed by atoms with E-state index in [4.69, 9.17) is 28.0 Å². The van der Waals surface area contributed by atoms with Crippen LogP contribution in [0.15, 0.2) is 53.7 Å². The van der Waals surface area contributed by atoms with Gasteiger partial charge in [-0.25, -0.2) is 0 Å². The van der Waals surface area contributed by atoms with E-state index < -0.39 is 5.91 Å². The number of benzene rings is 2. The topological polar surface area (TPSA) is 79.8 Å². The van der Waals surface area contributed by atoms with E-state index in [0.717, 1.165) is 11.8 Å². The molecule has 2 rings (SSSR count). The summed E-state index contributed by atoms with van der Waals surface area (Å²) in [5.74, 6) is -0.893. The van der Waals surface area contributed by atoms with Crippen LogP contribution < -0.4 is 10.6 Å². The molecule has 0 aliphatic carbocycles. The summed E-state index contributed by atoms with van der Waals surface area (Å²) in [5, 5.41) is 9.63. The SMILES string of the molecule is O=C(/C=N/OCC(=O)NCc1cccc(Cl)c1)Nc1ccccc1Cl. The number of anilines is 1. The van der Waals surface area contributed by atoms with Crippen molar-refractivity contribution >= 4 is 46.9 Å². The summed E-state index contributed by atoms with van der Waals surface area (Å²) in [4.78, 5) is 28.0. The van der Waals surface area contributed by atoms with Gasteiger partial charge < -0.3 is 15.5 Å². The van der Waals surface area contributed by atoms with Gasteiger partial charge in [0.15, 0.2) is 6.61 Å². The van der Waals surface area contributed by atoms with Crippen LogP contribution in [-0.4, -0.2) is 24.6 Å². The first-order chi connectivity index (χ1) is 12.0. The van der Waals surface area contributed by atoms with Crippen molar-refractivity contribution in [3.05, 3.63) is 64.1 Å². The zero-order valence-electron chi connectivity index (χ0n) is 13.0. The Morgan fingerprint density at radius 1 is 1.12 bits per heavy atom. The summed E-state index contributed by atoms with van der Waals surface area (Å²) in [6, 6.07) is 13.9. The second-order valence-electron chi connectivity index (χ2n) is 4.88. The van der Waals surface area contributed by atoms with Crippen LogP contribution >= 0.6 is 23.2 Å². The minimum absolute atomic E-state index is 0.309. The Bertz CT molecular complexity index is 781. The number of nitrogens with one attached hydrogen (secondary N) is 2. The first-order valence-electron chi connectivity index (χ1n) is 7.26. The maximum absolute atomic E-state index is 11.6. The van der Waals surface area contributed by atoms with Crippen LogP contribution in [-0.2, 0) is 21.0 Å². The van der Waals surface area contributed by atoms with Crippen molar-refractivity contribution in [1.82, 2.24) is 5.32 Å². The largest absolute Gasteiger partial charge is 0.386 e. The molecule has 25 heavy (non-hydrogen) atoms. The second-order valence-corrected chi connectivity index (χ2v) is 5.73. The molecule has 0 radical (unpaired) electrons. The molecule has 0 bridgehead atoms. The Hall–Kier alpha value is -2.57. The summed E-state index contributed by atoms with van der Waals surface area (Å²) in [7, 11) is 0. The van der Waals surface area contributed by atoms with Gasteiger partial charge in [-0.15, -0.1) is 0 Å². The van der Waals surface area contributed by atoms with Crippen molar-refractivity contribution in [2.75, 3.05) is 11.9 Å². The molecule has 2 aromatic rings. The van der Waals surface area contributed by atoms with Crippen molar-refractivity contribution in [3.63, 3.8) is 0 Å². The highest BCUT2D eigenvalue weighted by atomic mass is 35.5. The highest BCUT2D eigenvalue weighted by Gasteiger charge is 2.04. The summed E-state index contributed by atoms with van der Waals surface area (Å²) >= 11 is 11.8. The molecule has 2 N–H and O–H groups in total. The molecule has 0 spiro atoms. The van der Waals surface area contributed by atoms with Crippen molar-refractivity contribution in [3.8, 4) is 0 Å². The number of hydrogen-bond acceptors (Lipinski definition) is 4. The zero-order chi connectivity index (χ0) is 18.1. The van der Waals surface area contributed by atoms with E-state index in [-0.39, 0.29) is 12.5 Å². The number of oxime groups is 1. The van der Waals surface area contributed by atoms with Crippen LogP contribution in [0.25, 0.3) is 0 Å². The van der Waals surface area contributed by atoms with Crippen LogP contribution in [0.5, 0.6) is 0 Å². The van der Waals surface area contributed by atoms with E-state index in [2.05, 4.69) is 15.8 Å². The van der Waals surface area contributed by atoms with Crippen LogP contribution in [0, 0.1) is 0 Å². The second kappa shape index (κ2) is 9.66. The Morgan fingerprint density at radius 3 is 2.68 bits per heavy atom. The first-order valence-corrected chi connectivity index (χ1v) is 8.02. The van der Waals surface area contributed by atoms with Crippen molar-refractivity contribution in [2.24, 2.45) is 5.16 Å². The normalized spacial score (nSPS) is 10.5. The molecule has 0 unspecified atom stereocenters. The lowest BCUT2D eigenvalue weighted by atomic mass is 10.2. The Kier molecular flexibility index (Phi) is 7.25. The predicted octanol–water partition coefficient (Wildman–Crippen LogP) is 3.25.